The molecule has 126 valence electrons. The van der Waals surface area contributed by atoms with Gasteiger partial charge in [0.2, 0.25) is 11.8 Å². The number of benzene rings is 2. The van der Waals surface area contributed by atoms with Gasteiger partial charge in [0, 0.05) is 32.1 Å². The van der Waals surface area contributed by atoms with Gasteiger partial charge >= 0.3 is 0 Å². The smallest absolute Gasteiger partial charge is 0.223 e. The minimum atomic E-state index is -0.0573. The van der Waals surface area contributed by atoms with Gasteiger partial charge in [-0.25, -0.2) is 0 Å². The van der Waals surface area contributed by atoms with Gasteiger partial charge < -0.3 is 10.2 Å². The number of nitrogens with zero attached hydrogens (tertiary/aromatic N) is 1. The SMILES string of the molecule is CC(=O)N(CCC(=O)NCCCc1ccccc1)c1ccccc1. The molecule has 2 rings (SSSR count). The Morgan fingerprint density at radius 2 is 1.58 bits per heavy atom. The van der Waals surface area contributed by atoms with Crippen LogP contribution in [-0.4, -0.2) is 24.9 Å². The highest BCUT2D eigenvalue weighted by atomic mass is 16.2. The number of hydrogen-bond donors (Lipinski definition) is 1. The predicted molar refractivity (Wildman–Crippen MR) is 96.9 cm³/mol. The lowest BCUT2D eigenvalue weighted by Gasteiger charge is -2.20. The van der Waals surface area contributed by atoms with Crippen LogP contribution >= 0.6 is 0 Å². The van der Waals surface area contributed by atoms with Gasteiger partial charge in [0.1, 0.15) is 0 Å². The summed E-state index contributed by atoms with van der Waals surface area (Å²) in [5.41, 5.74) is 2.10. The standard InChI is InChI=1S/C20H24N2O2/c1-17(23)22(19-12-6-3-7-13-19)16-14-20(24)21-15-8-11-18-9-4-2-5-10-18/h2-7,9-10,12-13H,8,11,14-16H2,1H3,(H,21,24). The highest BCUT2D eigenvalue weighted by Crippen LogP contribution is 2.13. The van der Waals surface area contributed by atoms with Crippen LogP contribution in [0.5, 0.6) is 0 Å². The zero-order chi connectivity index (χ0) is 17.2. The molecule has 0 unspecified atom stereocenters. The third-order valence-electron chi connectivity index (χ3n) is 3.82. The summed E-state index contributed by atoms with van der Waals surface area (Å²) in [5.74, 6) is -0.0803. The fraction of sp³-hybridized carbons (Fsp3) is 0.300. The number of nitrogens with one attached hydrogen (secondary N) is 1. The maximum Gasteiger partial charge on any atom is 0.223 e. The van der Waals surface area contributed by atoms with Crippen LogP contribution in [-0.2, 0) is 16.0 Å². The molecule has 0 heterocycles. The van der Waals surface area contributed by atoms with Gasteiger partial charge in [-0.1, -0.05) is 48.5 Å². The topological polar surface area (TPSA) is 49.4 Å². The lowest BCUT2D eigenvalue weighted by molar-refractivity contribution is -0.121. The first kappa shape index (κ1) is 17.7. The molecule has 24 heavy (non-hydrogen) atoms. The van der Waals surface area contributed by atoms with E-state index in [4.69, 9.17) is 0 Å². The number of rotatable bonds is 8. The monoisotopic (exact) mass is 324 g/mol. The fourth-order valence-electron chi connectivity index (χ4n) is 2.54. The van der Waals surface area contributed by atoms with Gasteiger partial charge in [0.15, 0.2) is 0 Å². The third kappa shape index (κ3) is 5.88. The first-order valence-corrected chi connectivity index (χ1v) is 8.30. The maximum absolute atomic E-state index is 12.0. The Labute approximate surface area is 143 Å². The Hall–Kier alpha value is -2.62. The van der Waals surface area contributed by atoms with Crippen molar-refractivity contribution in [2.45, 2.75) is 26.2 Å². The van der Waals surface area contributed by atoms with Crippen LogP contribution in [0.25, 0.3) is 0 Å². The lowest BCUT2D eigenvalue weighted by Crippen LogP contribution is -2.34. The van der Waals surface area contributed by atoms with Gasteiger partial charge in [-0.2, -0.15) is 0 Å². The van der Waals surface area contributed by atoms with Crippen molar-refractivity contribution in [2.24, 2.45) is 0 Å². The van der Waals surface area contributed by atoms with Crippen molar-refractivity contribution in [3.8, 4) is 0 Å². The molecule has 0 aliphatic heterocycles. The number of hydrogen-bond acceptors (Lipinski definition) is 2. The maximum atomic E-state index is 12.0. The summed E-state index contributed by atoms with van der Waals surface area (Å²) in [4.78, 5) is 25.4. The quantitative estimate of drug-likeness (QED) is 0.758. The van der Waals surface area contributed by atoms with Crippen LogP contribution in [0.1, 0.15) is 25.3 Å². The molecule has 2 amide bonds. The van der Waals surface area contributed by atoms with Gasteiger partial charge in [-0.3, -0.25) is 9.59 Å². The minimum absolute atomic E-state index is 0.0229. The van der Waals surface area contributed by atoms with Gasteiger partial charge in [0.05, 0.1) is 0 Å². The number of aryl methyl sites for hydroxylation is 1. The van der Waals surface area contributed by atoms with Crippen molar-refractivity contribution >= 4 is 17.5 Å². The van der Waals surface area contributed by atoms with Crippen molar-refractivity contribution < 1.29 is 9.59 Å². The van der Waals surface area contributed by atoms with Crippen LogP contribution in [0.2, 0.25) is 0 Å². The molecule has 0 saturated carbocycles. The second-order valence-electron chi connectivity index (χ2n) is 5.70. The molecule has 4 nitrogen and oxygen atoms in total. The molecule has 0 fully saturated rings. The molecule has 1 N–H and O–H groups in total. The van der Waals surface area contributed by atoms with E-state index in [0.717, 1.165) is 18.5 Å². The van der Waals surface area contributed by atoms with Crippen LogP contribution in [0.15, 0.2) is 60.7 Å². The number of carbonyl (C=O) groups is 2. The van der Waals surface area contributed by atoms with E-state index in [-0.39, 0.29) is 11.8 Å². The highest BCUT2D eigenvalue weighted by molar-refractivity contribution is 5.92. The third-order valence-corrected chi connectivity index (χ3v) is 3.82. The lowest BCUT2D eigenvalue weighted by atomic mass is 10.1. The van der Waals surface area contributed by atoms with Gasteiger partial charge in [0.25, 0.3) is 0 Å². The van der Waals surface area contributed by atoms with E-state index in [0.29, 0.717) is 19.5 Å². The van der Waals surface area contributed by atoms with Crippen molar-refractivity contribution in [3.63, 3.8) is 0 Å². The summed E-state index contributed by atoms with van der Waals surface area (Å²) in [6.07, 6.45) is 2.16. The van der Waals surface area contributed by atoms with Gasteiger partial charge in [-0.05, 0) is 30.5 Å². The Morgan fingerprint density at radius 3 is 2.21 bits per heavy atom. The van der Waals surface area contributed by atoms with Crippen LogP contribution in [0, 0.1) is 0 Å². The Balaban J connectivity index is 1.70. The minimum Gasteiger partial charge on any atom is -0.356 e. The number of para-hydroxylation sites is 1. The molecular formula is C20H24N2O2. The van der Waals surface area contributed by atoms with Crippen molar-refractivity contribution in [3.05, 3.63) is 66.2 Å². The highest BCUT2D eigenvalue weighted by Gasteiger charge is 2.12. The molecule has 0 saturated heterocycles. The second kappa shape index (κ2) is 9.50. The van der Waals surface area contributed by atoms with Crippen molar-refractivity contribution in [1.82, 2.24) is 5.32 Å². The summed E-state index contributed by atoms with van der Waals surface area (Å²) in [7, 11) is 0. The van der Waals surface area contributed by atoms with E-state index in [1.807, 2.05) is 48.5 Å². The summed E-state index contributed by atoms with van der Waals surface area (Å²) >= 11 is 0. The summed E-state index contributed by atoms with van der Waals surface area (Å²) in [6, 6.07) is 19.6. The zero-order valence-electron chi connectivity index (χ0n) is 14.1. The molecule has 2 aromatic carbocycles. The fourth-order valence-corrected chi connectivity index (χ4v) is 2.54. The van der Waals surface area contributed by atoms with E-state index >= 15 is 0 Å². The molecule has 2 aromatic rings. The summed E-state index contributed by atoms with van der Waals surface area (Å²) in [6.45, 7) is 2.56. The summed E-state index contributed by atoms with van der Waals surface area (Å²) in [5, 5.41) is 2.92. The van der Waals surface area contributed by atoms with Crippen LogP contribution in [0.4, 0.5) is 5.69 Å². The largest absolute Gasteiger partial charge is 0.356 e. The average Bonchev–Trinajstić information content (AvgIpc) is 2.60. The second-order valence-corrected chi connectivity index (χ2v) is 5.70. The normalized spacial score (nSPS) is 10.2. The molecule has 0 spiro atoms. The molecule has 0 atom stereocenters. The van der Waals surface area contributed by atoms with Crippen molar-refractivity contribution in [2.75, 3.05) is 18.0 Å². The van der Waals surface area contributed by atoms with Crippen LogP contribution < -0.4 is 10.2 Å². The Bertz CT molecular complexity index is 641. The van der Waals surface area contributed by atoms with E-state index in [2.05, 4.69) is 17.4 Å². The molecule has 0 aliphatic carbocycles. The van der Waals surface area contributed by atoms with Gasteiger partial charge in [-0.15, -0.1) is 0 Å². The Kier molecular flexibility index (Phi) is 7.02. The first-order chi connectivity index (χ1) is 11.7. The molecule has 4 heteroatoms. The van der Waals surface area contributed by atoms with Crippen LogP contribution in [0.3, 0.4) is 0 Å². The average molecular weight is 324 g/mol. The first-order valence-electron chi connectivity index (χ1n) is 8.30. The summed E-state index contributed by atoms with van der Waals surface area (Å²) < 4.78 is 0. The predicted octanol–water partition coefficient (Wildman–Crippen LogP) is 3.18. The molecule has 0 aliphatic rings. The molecule has 0 aromatic heterocycles. The van der Waals surface area contributed by atoms with Crippen molar-refractivity contribution in [1.29, 1.82) is 0 Å². The molecule has 0 bridgehead atoms. The number of anilines is 1. The van der Waals surface area contributed by atoms with E-state index in [1.165, 1.54) is 12.5 Å². The Morgan fingerprint density at radius 1 is 0.958 bits per heavy atom. The van der Waals surface area contributed by atoms with E-state index in [1.54, 1.807) is 4.90 Å². The van der Waals surface area contributed by atoms with E-state index in [9.17, 15) is 9.59 Å². The molecule has 0 radical (unpaired) electrons. The zero-order valence-corrected chi connectivity index (χ0v) is 14.1. The molecular weight excluding hydrogens is 300 g/mol. The van der Waals surface area contributed by atoms with E-state index < -0.39 is 0 Å². The number of amides is 2. The number of carbonyl (C=O) groups excluding carboxylic acids is 2.